The van der Waals surface area contributed by atoms with Crippen molar-refractivity contribution in [3.05, 3.63) is 22.7 Å². The van der Waals surface area contributed by atoms with Gasteiger partial charge in [-0.25, -0.2) is 0 Å². The van der Waals surface area contributed by atoms with Gasteiger partial charge in [0.1, 0.15) is 5.75 Å². The molecule has 1 saturated heterocycles. The molecule has 0 unspecified atom stereocenters. The van der Waals surface area contributed by atoms with E-state index in [9.17, 15) is 13.5 Å². The fourth-order valence-electron chi connectivity index (χ4n) is 1.59. The van der Waals surface area contributed by atoms with Crippen molar-refractivity contribution in [3.63, 3.8) is 0 Å². The van der Waals surface area contributed by atoms with Gasteiger partial charge in [0, 0.05) is 13.1 Å². The number of halogens is 1. The van der Waals surface area contributed by atoms with Gasteiger partial charge in [0.05, 0.1) is 23.4 Å². The van der Waals surface area contributed by atoms with Gasteiger partial charge in [-0.2, -0.15) is 12.7 Å². The molecule has 8 heteroatoms. The maximum Gasteiger partial charge on any atom is 0.301 e. The van der Waals surface area contributed by atoms with Crippen LogP contribution in [0.15, 0.2) is 22.7 Å². The van der Waals surface area contributed by atoms with E-state index in [2.05, 4.69) is 20.7 Å². The molecule has 1 fully saturated rings. The van der Waals surface area contributed by atoms with Gasteiger partial charge in [0.15, 0.2) is 0 Å². The Balaban J connectivity index is 2.19. The Morgan fingerprint density at radius 3 is 2.67 bits per heavy atom. The Kier molecular flexibility index (Phi) is 4.10. The molecular formula is C10H13BrN2O4S. The summed E-state index contributed by atoms with van der Waals surface area (Å²) in [7, 11) is -3.61. The van der Waals surface area contributed by atoms with Crippen molar-refractivity contribution < 1.29 is 18.3 Å². The molecular weight excluding hydrogens is 324 g/mol. The monoisotopic (exact) mass is 336 g/mol. The molecule has 18 heavy (non-hydrogen) atoms. The maximum atomic E-state index is 12.1. The van der Waals surface area contributed by atoms with Gasteiger partial charge >= 0.3 is 10.2 Å². The summed E-state index contributed by atoms with van der Waals surface area (Å²) >= 11 is 3.14. The smallest absolute Gasteiger partial charge is 0.301 e. The zero-order valence-electron chi connectivity index (χ0n) is 9.47. The first-order valence-corrected chi connectivity index (χ1v) is 7.57. The number of rotatable bonds is 3. The van der Waals surface area contributed by atoms with Crippen LogP contribution in [0.25, 0.3) is 0 Å². The molecule has 2 rings (SSSR count). The van der Waals surface area contributed by atoms with Crippen LogP contribution in [0.2, 0.25) is 0 Å². The van der Waals surface area contributed by atoms with E-state index in [1.165, 1.54) is 10.4 Å². The van der Waals surface area contributed by atoms with Gasteiger partial charge in [-0.05, 0) is 28.1 Å². The number of hydrogen-bond acceptors (Lipinski definition) is 4. The van der Waals surface area contributed by atoms with Crippen molar-refractivity contribution in [2.24, 2.45) is 0 Å². The molecule has 1 aliphatic heterocycles. The number of benzene rings is 1. The number of nitrogens with zero attached hydrogens (tertiary/aromatic N) is 1. The topological polar surface area (TPSA) is 78.9 Å². The number of aromatic hydroxyl groups is 1. The minimum atomic E-state index is -3.61. The lowest BCUT2D eigenvalue weighted by Gasteiger charge is -2.26. The van der Waals surface area contributed by atoms with Gasteiger partial charge in [-0.15, -0.1) is 0 Å². The molecule has 0 radical (unpaired) electrons. The zero-order chi connectivity index (χ0) is 13.2. The summed E-state index contributed by atoms with van der Waals surface area (Å²) in [5, 5.41) is 9.49. The molecule has 0 aromatic heterocycles. The number of ether oxygens (including phenoxy) is 1. The average Bonchev–Trinajstić information content (AvgIpc) is 2.36. The fourth-order valence-corrected chi connectivity index (χ4v) is 3.29. The predicted octanol–water partition coefficient (Wildman–Crippen LogP) is 1.14. The van der Waals surface area contributed by atoms with Gasteiger partial charge < -0.3 is 9.84 Å². The third kappa shape index (κ3) is 2.94. The molecule has 100 valence electrons. The van der Waals surface area contributed by atoms with E-state index in [1.54, 1.807) is 12.1 Å². The van der Waals surface area contributed by atoms with Crippen LogP contribution in [0.3, 0.4) is 0 Å². The first-order chi connectivity index (χ1) is 8.50. The summed E-state index contributed by atoms with van der Waals surface area (Å²) in [5.74, 6) is -0.0165. The van der Waals surface area contributed by atoms with Crippen LogP contribution < -0.4 is 4.72 Å². The van der Waals surface area contributed by atoms with Crippen LogP contribution in [0.4, 0.5) is 5.69 Å². The van der Waals surface area contributed by atoms with Gasteiger partial charge in [0.2, 0.25) is 0 Å². The van der Waals surface area contributed by atoms with Crippen molar-refractivity contribution in [2.45, 2.75) is 0 Å². The van der Waals surface area contributed by atoms with Crippen LogP contribution in [-0.4, -0.2) is 44.1 Å². The Labute approximate surface area is 114 Å². The van der Waals surface area contributed by atoms with Crippen LogP contribution in [0, 0.1) is 0 Å². The minimum absolute atomic E-state index is 0.0165. The van der Waals surface area contributed by atoms with Crippen LogP contribution in [0.1, 0.15) is 0 Å². The molecule has 2 N–H and O–H groups in total. The number of nitrogens with one attached hydrogen (secondary N) is 1. The predicted molar refractivity (Wildman–Crippen MR) is 70.7 cm³/mol. The summed E-state index contributed by atoms with van der Waals surface area (Å²) in [6.45, 7) is 1.43. The van der Waals surface area contributed by atoms with E-state index in [0.29, 0.717) is 36.5 Å². The summed E-state index contributed by atoms with van der Waals surface area (Å²) in [6, 6.07) is 4.61. The lowest BCUT2D eigenvalue weighted by atomic mass is 10.3. The van der Waals surface area contributed by atoms with Crippen LogP contribution in [0.5, 0.6) is 5.75 Å². The third-order valence-corrected chi connectivity index (χ3v) is 4.88. The number of hydrogen-bond donors (Lipinski definition) is 2. The molecule has 1 aliphatic rings. The van der Waals surface area contributed by atoms with Gasteiger partial charge in [-0.3, -0.25) is 4.72 Å². The summed E-state index contributed by atoms with van der Waals surface area (Å²) in [4.78, 5) is 0. The number of phenolic OH excluding ortho intramolecular Hbond substituents is 1. The summed E-state index contributed by atoms with van der Waals surface area (Å²) in [6.07, 6.45) is 0. The SMILES string of the molecule is O=S(=O)(Nc1cccc(O)c1Br)N1CCOCC1. The average molecular weight is 337 g/mol. The van der Waals surface area contributed by atoms with Crippen LogP contribution in [-0.2, 0) is 14.9 Å². The van der Waals surface area contributed by atoms with Crippen molar-refractivity contribution in [1.82, 2.24) is 4.31 Å². The van der Waals surface area contributed by atoms with Crippen molar-refractivity contribution in [1.29, 1.82) is 0 Å². The highest BCUT2D eigenvalue weighted by molar-refractivity contribution is 9.10. The first kappa shape index (κ1) is 13.6. The minimum Gasteiger partial charge on any atom is -0.507 e. The van der Waals surface area contributed by atoms with E-state index in [0.717, 1.165) is 0 Å². The quantitative estimate of drug-likeness (QED) is 0.867. The Morgan fingerprint density at radius 1 is 1.33 bits per heavy atom. The molecule has 0 atom stereocenters. The van der Waals surface area contributed by atoms with Crippen molar-refractivity contribution >= 4 is 31.8 Å². The van der Waals surface area contributed by atoms with Gasteiger partial charge in [0.25, 0.3) is 0 Å². The zero-order valence-corrected chi connectivity index (χ0v) is 11.9. The normalized spacial score (nSPS) is 17.6. The molecule has 1 heterocycles. The number of phenols is 1. The number of morpholine rings is 1. The van der Waals surface area contributed by atoms with Gasteiger partial charge in [-0.1, -0.05) is 6.07 Å². The second kappa shape index (κ2) is 5.43. The second-order valence-corrected chi connectivity index (χ2v) is 6.22. The molecule has 0 saturated carbocycles. The molecule has 1 aromatic carbocycles. The Bertz CT molecular complexity index is 529. The molecule has 0 amide bonds. The van der Waals surface area contributed by atoms with Crippen LogP contribution >= 0.6 is 15.9 Å². The molecule has 0 bridgehead atoms. The molecule has 0 aliphatic carbocycles. The molecule has 0 spiro atoms. The maximum absolute atomic E-state index is 12.1. The lowest BCUT2D eigenvalue weighted by molar-refractivity contribution is 0.0733. The second-order valence-electron chi connectivity index (χ2n) is 3.76. The highest BCUT2D eigenvalue weighted by Gasteiger charge is 2.25. The summed E-state index contributed by atoms with van der Waals surface area (Å²) < 4.78 is 33.3. The highest BCUT2D eigenvalue weighted by Crippen LogP contribution is 2.32. The Morgan fingerprint density at radius 2 is 2.00 bits per heavy atom. The Hall–Kier alpha value is -0.830. The van der Waals surface area contributed by atoms with E-state index >= 15 is 0 Å². The van der Waals surface area contributed by atoms with E-state index < -0.39 is 10.2 Å². The van der Waals surface area contributed by atoms with Crippen molar-refractivity contribution in [3.8, 4) is 5.75 Å². The van der Waals surface area contributed by atoms with E-state index in [4.69, 9.17) is 4.74 Å². The number of anilines is 1. The molecule has 1 aromatic rings. The lowest BCUT2D eigenvalue weighted by Crippen LogP contribution is -2.43. The van der Waals surface area contributed by atoms with E-state index in [1.807, 2.05) is 0 Å². The first-order valence-electron chi connectivity index (χ1n) is 5.34. The summed E-state index contributed by atoms with van der Waals surface area (Å²) in [5.41, 5.74) is 0.307. The van der Waals surface area contributed by atoms with Crippen molar-refractivity contribution in [2.75, 3.05) is 31.0 Å². The standard InChI is InChI=1S/C10H13BrN2O4S/c11-10-8(2-1-3-9(10)14)12-18(15,16)13-4-6-17-7-5-13/h1-3,12,14H,4-7H2. The highest BCUT2D eigenvalue weighted by atomic mass is 79.9. The van der Waals surface area contributed by atoms with E-state index in [-0.39, 0.29) is 5.75 Å². The molecule has 6 nitrogen and oxygen atoms in total. The third-order valence-electron chi connectivity index (χ3n) is 2.53. The largest absolute Gasteiger partial charge is 0.507 e. The fraction of sp³-hybridized carbons (Fsp3) is 0.400.